The Morgan fingerprint density at radius 2 is 0.685 bits per heavy atom. The first-order chi connectivity index (χ1) is 71.3. The van der Waals surface area contributed by atoms with E-state index in [-0.39, 0.29) is 81.8 Å². The minimum absolute atomic E-state index is 0.0100. The molecule has 0 unspecified atom stereocenters. The van der Waals surface area contributed by atoms with Gasteiger partial charge in [-0.3, -0.25) is 19.2 Å². The number of halogens is 3. The Kier molecular flexibility index (Phi) is 33.5. The van der Waals surface area contributed by atoms with Crippen LogP contribution >= 0.6 is 0 Å². The van der Waals surface area contributed by atoms with Gasteiger partial charge in [-0.05, 0) is 147 Å². The monoisotopic (exact) mass is 1990 g/mol. The van der Waals surface area contributed by atoms with Crippen LogP contribution in [-0.4, -0.2) is 282 Å². The van der Waals surface area contributed by atoms with Gasteiger partial charge in [0.2, 0.25) is 35.5 Å². The summed E-state index contributed by atoms with van der Waals surface area (Å²) in [7, 11) is 11.2. The Bertz CT molecular complexity index is 6470. The molecular weight excluding hydrogens is 1870 g/mol. The van der Waals surface area contributed by atoms with Crippen LogP contribution in [0.15, 0.2) is 225 Å². The summed E-state index contributed by atoms with van der Waals surface area (Å²) in [6.07, 6.45) is 13.9. The fourth-order valence-corrected chi connectivity index (χ4v) is 18.9. The lowest BCUT2D eigenvalue weighted by Crippen LogP contribution is -2.50. The molecule has 0 radical (unpaired) electrons. The van der Waals surface area contributed by atoms with E-state index < -0.39 is 11.7 Å². The third kappa shape index (κ3) is 25.0. The van der Waals surface area contributed by atoms with E-state index in [1.807, 2.05) is 206 Å². The number of pyridine rings is 3. The van der Waals surface area contributed by atoms with Gasteiger partial charge in [0, 0.05) is 181 Å². The molecule has 8 aromatic heterocycles. The first-order valence-electron chi connectivity index (χ1n) is 49.3. The Hall–Kier alpha value is -16.1. The number of amides is 4. The minimum Gasteiger partial charge on any atom is -0.497 e. The number of anilines is 4. The van der Waals surface area contributed by atoms with Crippen LogP contribution in [0.2, 0.25) is 0 Å². The van der Waals surface area contributed by atoms with Gasteiger partial charge < -0.3 is 72.4 Å². The van der Waals surface area contributed by atoms with Gasteiger partial charge >= 0.3 is 6.18 Å². The molecule has 6 fully saturated rings. The van der Waals surface area contributed by atoms with Crippen molar-refractivity contribution in [2.45, 2.75) is 108 Å². The Morgan fingerprint density at radius 1 is 0.308 bits per heavy atom. The zero-order valence-corrected chi connectivity index (χ0v) is 83.0. The topological polar surface area (TPSA) is 346 Å². The number of benzene rings is 6. The van der Waals surface area contributed by atoms with Crippen LogP contribution in [0, 0.1) is 0 Å². The second-order valence-electron chi connectivity index (χ2n) is 35.9. The molecule has 4 amide bonds. The predicted octanol–water partition coefficient (Wildman–Crippen LogP) is 14.7. The maximum atomic E-state index is 13.5. The van der Waals surface area contributed by atoms with Gasteiger partial charge in [0.25, 0.3) is 0 Å². The Balaban J connectivity index is 0.000000133. The summed E-state index contributed by atoms with van der Waals surface area (Å²) in [5.41, 5.74) is 4.21. The van der Waals surface area contributed by atoms with E-state index in [1.54, 1.807) is 93.5 Å². The molecule has 14 aromatic rings. The summed E-state index contributed by atoms with van der Waals surface area (Å²) >= 11 is 0. The van der Waals surface area contributed by atoms with E-state index in [4.69, 9.17) is 68.4 Å². The number of hydrogen-bond acceptors (Lipinski definition) is 28. The minimum atomic E-state index is -4.51. The largest absolute Gasteiger partial charge is 0.497 e. The summed E-state index contributed by atoms with van der Waals surface area (Å²) in [4.78, 5) is 110. The average molecular weight is 1990 g/mol. The molecule has 4 aliphatic heterocycles. The smallest absolute Gasteiger partial charge is 0.419 e. The highest BCUT2D eigenvalue weighted by atomic mass is 19.4. The molecule has 6 aromatic carbocycles. The Labute approximate surface area is 845 Å². The molecule has 36 nitrogen and oxygen atoms in total. The first-order valence-corrected chi connectivity index (χ1v) is 49.3. The lowest BCUT2D eigenvalue weighted by atomic mass is 9.88. The van der Waals surface area contributed by atoms with Crippen molar-refractivity contribution in [3.05, 3.63) is 242 Å². The molecule has 2 saturated carbocycles. The van der Waals surface area contributed by atoms with Gasteiger partial charge in [-0.15, -0.1) is 10.2 Å². The van der Waals surface area contributed by atoms with Crippen LogP contribution in [0.5, 0.6) is 40.4 Å². The maximum Gasteiger partial charge on any atom is 0.419 e. The number of carbonyl (C=O) groups is 4. The maximum absolute atomic E-state index is 13.5. The molecule has 2 aliphatic carbocycles. The van der Waals surface area contributed by atoms with Gasteiger partial charge in [-0.2, -0.15) is 28.4 Å². The summed E-state index contributed by atoms with van der Waals surface area (Å²) in [5.74, 6) is 12.9. The second-order valence-corrected chi connectivity index (χ2v) is 35.9. The molecule has 20 rings (SSSR count). The molecule has 0 spiro atoms. The van der Waals surface area contributed by atoms with Crippen molar-refractivity contribution >= 4 is 47.0 Å². The van der Waals surface area contributed by atoms with Crippen LogP contribution in [-0.2, 0) is 51.5 Å². The van der Waals surface area contributed by atoms with E-state index in [0.29, 0.717) is 134 Å². The van der Waals surface area contributed by atoms with Crippen LogP contribution in [0.25, 0.3) is 68.3 Å². The molecule has 4 saturated heterocycles. The molecule has 6 aliphatic rings. The SMILES string of the molecule is COc1ccc(-c2nc(-c3ccccc3)n(CC(=O)N3CCN(c4ncccc4C(F)(F)F)CC3)n2)cc1OC.COc1ccc(-c2nc(C3CCCCC3)n(CC(=O)N3CCN(c4ccccn4)CC3)n2)cc1.COc1ccc(-c2nc(C3CCCCC3)n(CC(=O)N3CCN(c4ncccn4)CC3)n2)cc1.COc1cccc(N2CCN(C(=O)Cn3nc(-c4ccc(OC)c(OC)c4)nc3-c3ccccc3)CC2)n1. The summed E-state index contributed by atoms with van der Waals surface area (Å²) in [5, 5.41) is 19.0. The molecule has 760 valence electrons. The number of carbonyl (C=O) groups excluding carboxylic acids is 4. The number of rotatable bonds is 27. The van der Waals surface area contributed by atoms with E-state index >= 15 is 0 Å². The normalized spacial score (nSPS) is 15.2. The fourth-order valence-electron chi connectivity index (χ4n) is 18.9. The highest BCUT2D eigenvalue weighted by Crippen LogP contribution is 2.40. The molecule has 39 heteroatoms. The van der Waals surface area contributed by atoms with E-state index in [9.17, 15) is 32.3 Å². The zero-order valence-electron chi connectivity index (χ0n) is 83.0. The summed E-state index contributed by atoms with van der Waals surface area (Å²) < 4.78 is 84.7. The van der Waals surface area contributed by atoms with Gasteiger partial charge in [0.1, 0.15) is 66.8 Å². The number of aromatic nitrogens is 17. The highest BCUT2D eigenvalue weighted by molar-refractivity contribution is 5.80. The fraction of sp³-hybridized carbons (Fsp3) is 0.374. The molecule has 0 N–H and O–H groups in total. The molecular formula is C107H120F3N25O11. The van der Waals surface area contributed by atoms with E-state index in [2.05, 4.69) is 44.7 Å². The molecule has 0 bridgehead atoms. The summed E-state index contributed by atoms with van der Waals surface area (Å²) in [6, 6.07) is 61.3. The predicted molar refractivity (Wildman–Crippen MR) is 545 cm³/mol. The molecule has 0 atom stereocenters. The van der Waals surface area contributed by atoms with Crippen LogP contribution in [0.4, 0.5) is 36.6 Å². The van der Waals surface area contributed by atoms with Crippen molar-refractivity contribution in [1.82, 2.24) is 104 Å². The van der Waals surface area contributed by atoms with Crippen molar-refractivity contribution in [1.29, 1.82) is 0 Å². The summed E-state index contributed by atoms with van der Waals surface area (Å²) in [6.45, 7) is 9.67. The quantitative estimate of drug-likeness (QED) is 0.0461. The standard InChI is InChI=1S/C28H27F3N6O3.C28H30N6O4.C26H32N6O2.C25H31N7O2/c1-39-22-11-10-20(17-23(22)40-2)25-33-26(19-7-4-3-5-8-19)37(34-25)18-24(38)35-13-15-36(16-14-35)27-21(28(29,30)31)9-6-12-32-27;1-36-22-13-12-21(18-23(22)37-2)27-30-28(20-8-5-4-6-9-20)34(31-27)19-26(35)33-16-14-32(15-17-33)24-10-7-11-25(29-24)38-3;1-34-22-12-10-20(11-13-22)25-28-26(21-7-3-2-4-8-21)32(29-25)19-24(33)31-17-15-30(16-18-31)23-9-5-6-14-27-23;1-34-21-10-8-19(9-11-21)23-28-24(20-6-3-2-4-7-20)32(29-23)18-22(33)30-14-16-31(17-15-30)25-26-12-5-13-27-25/h3-12,17H,13-16,18H2,1-2H3;4-13,18H,14-17,19H2,1-3H3;5-6,9-14,21H,2-4,7-8,15-19H2,1H3;5,8-13,20H,2-4,6-7,14-18H2,1H3. The number of piperazine rings is 4. The lowest BCUT2D eigenvalue weighted by Gasteiger charge is -2.36. The van der Waals surface area contributed by atoms with E-state index in [1.165, 1.54) is 50.8 Å². The number of ether oxygens (including phenoxy) is 7. The van der Waals surface area contributed by atoms with Crippen molar-refractivity contribution in [2.75, 3.05) is 174 Å². The van der Waals surface area contributed by atoms with Crippen molar-refractivity contribution in [2.24, 2.45) is 0 Å². The average Bonchev–Trinajstić information content (AvgIpc) is 1.76. The molecule has 146 heavy (non-hydrogen) atoms. The lowest BCUT2D eigenvalue weighted by molar-refractivity contribution is -0.138. The highest BCUT2D eigenvalue weighted by Gasteiger charge is 2.38. The number of nitrogens with zero attached hydrogens (tertiary/aromatic N) is 25. The van der Waals surface area contributed by atoms with Gasteiger partial charge in [0.05, 0.1) is 55.3 Å². The zero-order chi connectivity index (χ0) is 101. The number of alkyl halides is 3. The first kappa shape index (κ1) is 101. The van der Waals surface area contributed by atoms with Crippen LogP contribution in [0.3, 0.4) is 0 Å². The Morgan fingerprint density at radius 3 is 1.10 bits per heavy atom. The third-order valence-electron chi connectivity index (χ3n) is 26.8. The van der Waals surface area contributed by atoms with Crippen molar-refractivity contribution < 1.29 is 65.5 Å². The molecule has 12 heterocycles. The van der Waals surface area contributed by atoms with Gasteiger partial charge in [-0.25, -0.2) is 58.6 Å². The third-order valence-corrected chi connectivity index (χ3v) is 26.8. The van der Waals surface area contributed by atoms with Crippen LogP contribution < -0.4 is 52.8 Å². The van der Waals surface area contributed by atoms with E-state index in [0.717, 1.165) is 126 Å². The van der Waals surface area contributed by atoms with Crippen molar-refractivity contribution in [3.63, 3.8) is 0 Å². The van der Waals surface area contributed by atoms with Gasteiger partial charge in [-0.1, -0.05) is 111 Å². The van der Waals surface area contributed by atoms with Gasteiger partial charge in [0.15, 0.2) is 57.9 Å². The van der Waals surface area contributed by atoms with Crippen LogP contribution in [0.1, 0.15) is 93.3 Å². The van der Waals surface area contributed by atoms with Crippen molar-refractivity contribution in [3.8, 4) is 109 Å². The number of methoxy groups -OCH3 is 7. The second kappa shape index (κ2) is 48.3. The number of hydrogen-bond donors (Lipinski definition) is 0.